The number of nitrogens with one attached hydrogen (secondary N) is 1. The van der Waals surface area contributed by atoms with E-state index in [-0.39, 0.29) is 22.8 Å². The molecule has 0 spiro atoms. The first-order chi connectivity index (χ1) is 15.8. The standard InChI is InChI=1S/C24H19ClN2O6/c1-13(28)26-15-6-8-16(9-7-15)27-21(18-4-3-11-33-18)20(23(30)24(27)31)22(29)14-5-10-17(25)19(12-14)32-2/h3-12,21,29H,1-2H3,(H,26,28)/b22-20-. The smallest absolute Gasteiger partial charge is 0.300 e. The molecule has 9 heteroatoms. The zero-order valence-corrected chi connectivity index (χ0v) is 18.4. The molecule has 0 radical (unpaired) electrons. The van der Waals surface area contributed by atoms with Crippen LogP contribution < -0.4 is 15.0 Å². The average Bonchev–Trinajstić information content (AvgIpc) is 3.41. The molecule has 1 aliphatic heterocycles. The maximum atomic E-state index is 13.1. The van der Waals surface area contributed by atoms with Crippen LogP contribution in [0.5, 0.6) is 5.75 Å². The van der Waals surface area contributed by atoms with E-state index in [0.29, 0.717) is 27.9 Å². The number of aliphatic hydroxyl groups excluding tert-OH is 1. The van der Waals surface area contributed by atoms with E-state index in [4.69, 9.17) is 20.8 Å². The number of nitrogens with zero attached hydrogens (tertiary/aromatic N) is 1. The predicted molar refractivity (Wildman–Crippen MR) is 122 cm³/mol. The van der Waals surface area contributed by atoms with Gasteiger partial charge in [0.05, 0.1) is 24.0 Å². The normalized spacial score (nSPS) is 17.3. The van der Waals surface area contributed by atoms with E-state index in [0.717, 1.165) is 0 Å². The highest BCUT2D eigenvalue weighted by Crippen LogP contribution is 2.43. The van der Waals surface area contributed by atoms with Crippen LogP contribution in [0, 0.1) is 0 Å². The van der Waals surface area contributed by atoms with E-state index in [1.807, 2.05) is 0 Å². The lowest BCUT2D eigenvalue weighted by molar-refractivity contribution is -0.132. The average molecular weight is 467 g/mol. The fourth-order valence-electron chi connectivity index (χ4n) is 3.69. The molecule has 0 saturated carbocycles. The van der Waals surface area contributed by atoms with Crippen molar-refractivity contribution in [3.8, 4) is 5.75 Å². The number of benzene rings is 2. The van der Waals surface area contributed by atoms with E-state index in [1.54, 1.807) is 36.4 Å². The van der Waals surface area contributed by atoms with Crippen LogP contribution in [0.3, 0.4) is 0 Å². The summed E-state index contributed by atoms with van der Waals surface area (Å²) in [5, 5.41) is 14.1. The molecule has 0 aliphatic carbocycles. The Bertz CT molecular complexity index is 1260. The molecule has 2 heterocycles. The Balaban J connectivity index is 1.85. The molecule has 0 bridgehead atoms. The lowest BCUT2D eigenvalue weighted by Crippen LogP contribution is -2.29. The number of Topliss-reactive ketones (excluding diaryl/α,β-unsaturated/α-hetero) is 1. The van der Waals surface area contributed by atoms with Crippen molar-refractivity contribution in [2.24, 2.45) is 0 Å². The van der Waals surface area contributed by atoms with Crippen molar-refractivity contribution in [2.75, 3.05) is 17.3 Å². The minimum Gasteiger partial charge on any atom is -0.507 e. The molecule has 1 saturated heterocycles. The lowest BCUT2D eigenvalue weighted by atomic mass is 9.99. The predicted octanol–water partition coefficient (Wildman–Crippen LogP) is 4.53. The van der Waals surface area contributed by atoms with Gasteiger partial charge in [0.1, 0.15) is 23.3 Å². The number of furan rings is 1. The number of halogens is 1. The van der Waals surface area contributed by atoms with Crippen LogP contribution in [0.4, 0.5) is 11.4 Å². The summed E-state index contributed by atoms with van der Waals surface area (Å²) in [4.78, 5) is 38.7. The van der Waals surface area contributed by atoms with Gasteiger partial charge in [-0.25, -0.2) is 0 Å². The molecule has 1 aromatic heterocycles. The number of hydrogen-bond acceptors (Lipinski definition) is 6. The summed E-state index contributed by atoms with van der Waals surface area (Å²) in [6, 6.07) is 13.2. The minimum atomic E-state index is -1.01. The van der Waals surface area contributed by atoms with Gasteiger partial charge in [0.2, 0.25) is 5.91 Å². The zero-order valence-electron chi connectivity index (χ0n) is 17.7. The Labute approximate surface area is 194 Å². The van der Waals surface area contributed by atoms with Gasteiger partial charge in [-0.15, -0.1) is 0 Å². The molecule has 2 aromatic carbocycles. The van der Waals surface area contributed by atoms with Gasteiger partial charge in [-0.2, -0.15) is 0 Å². The van der Waals surface area contributed by atoms with E-state index in [9.17, 15) is 19.5 Å². The van der Waals surface area contributed by atoms with Gasteiger partial charge < -0.3 is 19.6 Å². The molecule has 168 valence electrons. The van der Waals surface area contributed by atoms with Crippen molar-refractivity contribution in [3.05, 3.63) is 82.8 Å². The van der Waals surface area contributed by atoms with Gasteiger partial charge in [-0.1, -0.05) is 11.6 Å². The number of carbonyl (C=O) groups excluding carboxylic acids is 3. The van der Waals surface area contributed by atoms with Gasteiger partial charge in [-0.3, -0.25) is 19.3 Å². The molecule has 4 rings (SSSR count). The summed E-state index contributed by atoms with van der Waals surface area (Å²) < 4.78 is 10.7. The number of anilines is 2. The van der Waals surface area contributed by atoms with Gasteiger partial charge in [0.25, 0.3) is 11.7 Å². The van der Waals surface area contributed by atoms with Crippen molar-refractivity contribution in [3.63, 3.8) is 0 Å². The molecule has 1 aliphatic rings. The largest absolute Gasteiger partial charge is 0.507 e. The van der Waals surface area contributed by atoms with Crippen molar-refractivity contribution < 1.29 is 28.6 Å². The number of aliphatic hydroxyl groups is 1. The maximum absolute atomic E-state index is 13.1. The highest BCUT2D eigenvalue weighted by atomic mass is 35.5. The van der Waals surface area contributed by atoms with Crippen molar-refractivity contribution in [1.82, 2.24) is 0 Å². The van der Waals surface area contributed by atoms with Crippen LogP contribution >= 0.6 is 11.6 Å². The first kappa shape index (κ1) is 22.2. The van der Waals surface area contributed by atoms with Crippen LogP contribution in [-0.4, -0.2) is 29.8 Å². The molecular formula is C24H19ClN2O6. The number of methoxy groups -OCH3 is 1. The fraction of sp³-hybridized carbons (Fsp3) is 0.125. The van der Waals surface area contributed by atoms with Crippen LogP contribution in [0.15, 0.2) is 70.9 Å². The summed E-state index contributed by atoms with van der Waals surface area (Å²) in [6.07, 6.45) is 1.42. The van der Waals surface area contributed by atoms with Crippen molar-refractivity contribution in [2.45, 2.75) is 13.0 Å². The fourth-order valence-corrected chi connectivity index (χ4v) is 3.88. The molecular weight excluding hydrogens is 448 g/mol. The number of hydrogen-bond donors (Lipinski definition) is 2. The second-order valence-electron chi connectivity index (χ2n) is 7.26. The number of amides is 2. The van der Waals surface area contributed by atoms with Crippen molar-refractivity contribution >= 4 is 46.3 Å². The van der Waals surface area contributed by atoms with Crippen LogP contribution in [-0.2, 0) is 14.4 Å². The quantitative estimate of drug-likeness (QED) is 0.325. The molecule has 1 fully saturated rings. The molecule has 2 N–H and O–H groups in total. The lowest BCUT2D eigenvalue weighted by Gasteiger charge is -2.23. The Kier molecular flexibility index (Phi) is 5.93. The zero-order chi connectivity index (χ0) is 23.7. The molecule has 3 aromatic rings. The summed E-state index contributed by atoms with van der Waals surface area (Å²) >= 11 is 6.08. The van der Waals surface area contributed by atoms with E-state index in [1.165, 1.54) is 43.4 Å². The van der Waals surface area contributed by atoms with E-state index in [2.05, 4.69) is 5.32 Å². The Hall–Kier alpha value is -4.04. The topological polar surface area (TPSA) is 109 Å². The van der Waals surface area contributed by atoms with Gasteiger partial charge in [0, 0.05) is 23.9 Å². The highest BCUT2D eigenvalue weighted by Gasteiger charge is 2.48. The summed E-state index contributed by atoms with van der Waals surface area (Å²) in [7, 11) is 1.43. The first-order valence-electron chi connectivity index (χ1n) is 9.87. The monoisotopic (exact) mass is 466 g/mol. The summed E-state index contributed by atoms with van der Waals surface area (Å²) in [6.45, 7) is 1.38. The SMILES string of the molecule is COc1cc(/C(O)=C2/C(=O)C(=O)N(c3ccc(NC(C)=O)cc3)C2c2ccco2)ccc1Cl. The molecule has 1 unspecified atom stereocenters. The molecule has 1 atom stereocenters. The van der Waals surface area contributed by atoms with E-state index < -0.39 is 17.7 Å². The van der Waals surface area contributed by atoms with Gasteiger partial charge >= 0.3 is 0 Å². The van der Waals surface area contributed by atoms with Crippen LogP contribution in [0.1, 0.15) is 24.3 Å². The van der Waals surface area contributed by atoms with Crippen molar-refractivity contribution in [1.29, 1.82) is 0 Å². The number of ketones is 1. The van der Waals surface area contributed by atoms with E-state index >= 15 is 0 Å². The molecule has 2 amide bonds. The number of ether oxygens (including phenoxy) is 1. The molecule has 8 nitrogen and oxygen atoms in total. The third kappa shape index (κ3) is 4.08. The highest BCUT2D eigenvalue weighted by molar-refractivity contribution is 6.51. The number of rotatable bonds is 5. The molecule has 33 heavy (non-hydrogen) atoms. The first-order valence-corrected chi connectivity index (χ1v) is 10.3. The van der Waals surface area contributed by atoms with Gasteiger partial charge in [0.15, 0.2) is 0 Å². The summed E-state index contributed by atoms with van der Waals surface area (Å²) in [5.74, 6) is -1.72. The summed E-state index contributed by atoms with van der Waals surface area (Å²) in [5.41, 5.74) is 1.04. The van der Waals surface area contributed by atoms with Gasteiger partial charge in [-0.05, 0) is 54.6 Å². The minimum absolute atomic E-state index is 0.134. The maximum Gasteiger partial charge on any atom is 0.300 e. The second-order valence-corrected chi connectivity index (χ2v) is 7.67. The third-order valence-electron chi connectivity index (χ3n) is 5.15. The van der Waals surface area contributed by atoms with Crippen LogP contribution in [0.25, 0.3) is 5.76 Å². The Morgan fingerprint density at radius 2 is 1.88 bits per heavy atom. The Morgan fingerprint density at radius 1 is 1.15 bits per heavy atom. The Morgan fingerprint density at radius 3 is 2.48 bits per heavy atom. The second kappa shape index (κ2) is 8.84. The number of carbonyl (C=O) groups is 3. The third-order valence-corrected chi connectivity index (χ3v) is 5.46. The van der Waals surface area contributed by atoms with Crippen LogP contribution in [0.2, 0.25) is 5.02 Å².